The Kier molecular flexibility index (Phi) is 3.39. The normalized spacial score (nSPS) is 18.4. The van der Waals surface area contributed by atoms with Crippen molar-refractivity contribution in [3.05, 3.63) is 187 Å². The third-order valence-electron chi connectivity index (χ3n) is 8.11. The number of rotatable bonds is 6. The van der Waals surface area contributed by atoms with E-state index >= 15 is 0 Å². The molecule has 2 heterocycles. The van der Waals surface area contributed by atoms with Gasteiger partial charge in [-0.25, -0.2) is 0 Å². The van der Waals surface area contributed by atoms with Crippen molar-refractivity contribution >= 4 is 80.1 Å². The van der Waals surface area contributed by atoms with Crippen molar-refractivity contribution in [2.24, 2.45) is 0 Å². The number of benzene rings is 8. The van der Waals surface area contributed by atoms with E-state index in [1.165, 1.54) is 12.1 Å². The summed E-state index contributed by atoms with van der Waals surface area (Å²) in [7, 11) is 0. The first kappa shape index (κ1) is 14.0. The molecule has 0 fully saturated rings. The summed E-state index contributed by atoms with van der Waals surface area (Å²) < 4.78 is 223. The summed E-state index contributed by atoms with van der Waals surface area (Å²) in [5, 5.41) is -0.475. The van der Waals surface area contributed by atoms with E-state index in [0.717, 1.165) is 40.5 Å². The fraction of sp³-hybridized carbons (Fsp3) is 0. The molecular weight excluding hydrogens is 655 g/mol. The van der Waals surface area contributed by atoms with Gasteiger partial charge in [0.15, 0.2) is 0 Å². The first-order valence-corrected chi connectivity index (χ1v) is 16.8. The lowest BCUT2D eigenvalue weighted by Gasteiger charge is -2.27. The predicted molar refractivity (Wildman–Crippen MR) is 223 cm³/mol. The molecule has 0 saturated heterocycles. The highest BCUT2D eigenvalue weighted by atomic mass is 32.1. The fourth-order valence-electron chi connectivity index (χ4n) is 5.88. The Morgan fingerprint density at radius 1 is 0.333 bits per heavy atom. The fourth-order valence-corrected chi connectivity index (χ4v) is 7.82. The number of fused-ring (bicyclic) bond motifs is 6. The smallest absolute Gasteiger partial charge is 0.0660 e. The molecule has 8 aromatic carbocycles. The van der Waals surface area contributed by atoms with Crippen LogP contribution in [0.3, 0.4) is 0 Å². The minimum absolute atomic E-state index is 0.0135. The van der Waals surface area contributed by atoms with Crippen molar-refractivity contribution in [3.8, 4) is 33.4 Å². The van der Waals surface area contributed by atoms with Gasteiger partial charge in [-0.15, -0.1) is 22.7 Å². The van der Waals surface area contributed by atoms with Gasteiger partial charge in [-0.05, 0) is 81.8 Å². The van der Waals surface area contributed by atoms with Crippen LogP contribution in [-0.2, 0) is 0 Å². The average Bonchev–Trinajstić information content (AvgIpc) is 4.06. The van der Waals surface area contributed by atoms with Gasteiger partial charge in [0.25, 0.3) is 0 Å². The molecule has 0 aliphatic heterocycles. The second kappa shape index (κ2) is 12.4. The van der Waals surface area contributed by atoms with Gasteiger partial charge in [0.05, 0.1) is 34.3 Å². The van der Waals surface area contributed by atoms with E-state index in [4.69, 9.17) is 24.7 Å². The van der Waals surface area contributed by atoms with Crippen LogP contribution in [0.15, 0.2) is 187 Å². The van der Waals surface area contributed by atoms with Crippen molar-refractivity contribution in [3.63, 3.8) is 0 Å². The summed E-state index contributed by atoms with van der Waals surface area (Å²) in [6.45, 7) is 0. The van der Waals surface area contributed by atoms with Crippen molar-refractivity contribution in [2.45, 2.75) is 0 Å². The molecule has 0 bridgehead atoms. The highest BCUT2D eigenvalue weighted by molar-refractivity contribution is 7.26. The van der Waals surface area contributed by atoms with Gasteiger partial charge in [-0.1, -0.05) is 139 Å². The van der Waals surface area contributed by atoms with Crippen LogP contribution < -0.4 is 4.90 Å². The number of anilines is 3. The zero-order chi connectivity index (χ0) is 55.5. The topological polar surface area (TPSA) is 3.24 Å². The van der Waals surface area contributed by atoms with Crippen LogP contribution in [0, 0.1) is 0 Å². The van der Waals surface area contributed by atoms with E-state index in [1.54, 1.807) is 0 Å². The van der Waals surface area contributed by atoms with Crippen molar-refractivity contribution in [2.75, 3.05) is 4.90 Å². The minimum Gasteiger partial charge on any atom is -0.310 e. The van der Waals surface area contributed by atoms with Crippen LogP contribution in [0.2, 0.25) is 0 Å². The number of hydrogen-bond acceptors (Lipinski definition) is 3. The summed E-state index contributed by atoms with van der Waals surface area (Å²) in [5.74, 6) is 0. The Labute approximate surface area is 340 Å². The molecule has 51 heavy (non-hydrogen) atoms. The summed E-state index contributed by atoms with van der Waals surface area (Å²) >= 11 is 1.45. The monoisotopic (exact) mass is 710 g/mol. The highest BCUT2D eigenvalue weighted by Gasteiger charge is 2.20. The molecule has 0 aliphatic carbocycles. The Balaban J connectivity index is 1.41. The van der Waals surface area contributed by atoms with E-state index in [-0.39, 0.29) is 73.8 Å². The molecule has 0 aliphatic rings. The van der Waals surface area contributed by atoms with Crippen LogP contribution in [0.25, 0.3) is 73.7 Å². The molecule has 0 radical (unpaired) electrons. The molecule has 1 nitrogen and oxygen atoms in total. The molecule has 2 aromatic heterocycles. The first-order valence-electron chi connectivity index (χ1n) is 27.7. The average molecular weight is 711 g/mol. The Hall–Kier alpha value is -6.00. The van der Waals surface area contributed by atoms with Crippen LogP contribution >= 0.6 is 22.7 Å². The summed E-state index contributed by atoms with van der Waals surface area (Å²) in [6.07, 6.45) is 0. The maximum Gasteiger partial charge on any atom is 0.0660 e. The number of nitrogens with zero attached hydrogens (tertiary/aromatic N) is 1. The molecule has 0 saturated carbocycles. The Bertz CT molecular complexity index is 4320. The molecule has 0 unspecified atom stereocenters. The first-order chi connectivity index (χ1) is 35.6. The molecule has 10 aromatic rings. The third kappa shape index (κ3) is 5.21. The summed E-state index contributed by atoms with van der Waals surface area (Å²) in [6, 6.07) is -8.74. The molecule has 240 valence electrons. The number of thiophene rings is 2. The Morgan fingerprint density at radius 3 is 1.63 bits per heavy atom. The largest absolute Gasteiger partial charge is 0.310 e. The number of hydrogen-bond donors (Lipinski definition) is 0. The molecule has 3 heteroatoms. The lowest BCUT2D eigenvalue weighted by Crippen LogP contribution is -2.10. The van der Waals surface area contributed by atoms with Crippen molar-refractivity contribution < 1.29 is 34.3 Å². The van der Waals surface area contributed by atoms with E-state index < -0.39 is 168 Å². The lowest BCUT2D eigenvalue weighted by atomic mass is 9.89. The van der Waals surface area contributed by atoms with Gasteiger partial charge < -0.3 is 4.90 Å². The zero-order valence-corrected chi connectivity index (χ0v) is 27.4. The van der Waals surface area contributed by atoms with Crippen LogP contribution in [0.4, 0.5) is 17.1 Å². The predicted octanol–water partition coefficient (Wildman–Crippen LogP) is 14.9. The highest BCUT2D eigenvalue weighted by Crippen LogP contribution is 2.46. The summed E-state index contributed by atoms with van der Waals surface area (Å²) in [4.78, 5) is 1.01. The maximum absolute atomic E-state index is 10.3. The second-order valence-corrected chi connectivity index (χ2v) is 13.0. The van der Waals surface area contributed by atoms with E-state index in [9.17, 15) is 9.60 Å². The minimum atomic E-state index is -0.789. The van der Waals surface area contributed by atoms with E-state index in [1.807, 2.05) is 0 Å². The van der Waals surface area contributed by atoms with Crippen molar-refractivity contribution in [1.82, 2.24) is 0 Å². The van der Waals surface area contributed by atoms with Crippen LogP contribution in [0.1, 0.15) is 34.3 Å². The maximum atomic E-state index is 10.3. The van der Waals surface area contributed by atoms with Crippen LogP contribution in [0.5, 0.6) is 0 Å². The zero-order valence-electron chi connectivity index (χ0n) is 50.7. The molecule has 0 spiro atoms. The van der Waals surface area contributed by atoms with Gasteiger partial charge in [0, 0.05) is 57.4 Å². The van der Waals surface area contributed by atoms with E-state index in [0.29, 0.717) is 11.3 Å². The van der Waals surface area contributed by atoms with Gasteiger partial charge in [0.1, 0.15) is 0 Å². The quantitative estimate of drug-likeness (QED) is 0.166. The molecule has 0 atom stereocenters. The van der Waals surface area contributed by atoms with Crippen LogP contribution in [-0.4, -0.2) is 0 Å². The molecule has 10 rings (SSSR count). The third-order valence-corrected chi connectivity index (χ3v) is 10.1. The second-order valence-electron chi connectivity index (χ2n) is 11.0. The van der Waals surface area contributed by atoms with Gasteiger partial charge in [-0.2, -0.15) is 0 Å². The van der Waals surface area contributed by atoms with Gasteiger partial charge in [0.2, 0.25) is 0 Å². The SMILES string of the molecule is [2H]c1cc(-c2c(-c3cc([2H])c([2H])c([2H])c3-c3cc([2H])c([2H])c([2H])c3[2H])ccc(N(c3cc([2H])c4c(sc5c([2H])c([2H])c([2H])c([2H])c54)c3[2H])c3c([2H])c([2H])c4c(sc5c([2H])c([2H])c([2H])c([2H])c54)c3[2H])c2[2H])c([2H])c([2H])c1[2H]. The molecule has 0 N–H and O–H groups in total. The van der Waals surface area contributed by atoms with Crippen molar-refractivity contribution in [1.29, 1.82) is 0 Å². The lowest BCUT2D eigenvalue weighted by molar-refractivity contribution is 1.30. The Morgan fingerprint density at radius 2 is 0.882 bits per heavy atom. The van der Waals surface area contributed by atoms with Gasteiger partial charge >= 0.3 is 0 Å². The molecule has 0 amide bonds. The molecular formula is C48H31NS2. The van der Waals surface area contributed by atoms with Gasteiger partial charge in [-0.3, -0.25) is 0 Å². The standard InChI is InChI=1S/C48H31NS2/c1-3-13-32(14-4-1)37-17-7-8-18-38(37)39-26-23-34(29-44(39)33-15-5-2-6-16-33)49(35-24-27-42-40-19-9-11-21-45(40)50-47(42)30-35)36-25-28-43-41-20-10-12-22-46(41)51-48(43)31-36/h1-31H/i1D,2D,3D,4D,5D,6D,7D,8D,9D,10D,11D,12D,13D,15D,17D,19D,20D,21D,22D,24D,27D,28D,29D,30D,31D. The van der Waals surface area contributed by atoms with E-state index in [2.05, 4.69) is 0 Å². The summed E-state index contributed by atoms with van der Waals surface area (Å²) in [5.41, 5.74) is -3.19.